The van der Waals surface area contributed by atoms with E-state index >= 15 is 0 Å². The fourth-order valence-electron chi connectivity index (χ4n) is 2.74. The number of aryl methyl sites for hydroxylation is 1. The molecule has 0 aliphatic carbocycles. The Morgan fingerprint density at radius 3 is 2.58 bits per heavy atom. The molecule has 0 aromatic heterocycles. The molecule has 0 radical (unpaired) electrons. The van der Waals surface area contributed by atoms with E-state index in [1.54, 1.807) is 6.92 Å². The molecule has 2 aromatic carbocycles. The number of para-hydroxylation sites is 1. The Balaban J connectivity index is 2.24. The molecule has 0 atom stereocenters. The lowest BCUT2D eigenvalue weighted by molar-refractivity contribution is 0.101. The zero-order chi connectivity index (χ0) is 17.5. The average molecular weight is 325 g/mol. The first-order valence-electron chi connectivity index (χ1n) is 8.62. The zero-order valence-corrected chi connectivity index (χ0v) is 15.1. The van der Waals surface area contributed by atoms with E-state index in [0.717, 1.165) is 41.0 Å². The number of ketones is 1. The molecule has 0 bridgehead atoms. The fourth-order valence-corrected chi connectivity index (χ4v) is 2.74. The lowest BCUT2D eigenvalue weighted by Gasteiger charge is -2.14. The van der Waals surface area contributed by atoms with Crippen LogP contribution >= 0.6 is 0 Å². The highest BCUT2D eigenvalue weighted by Gasteiger charge is 2.11. The largest absolute Gasteiger partial charge is 0.492 e. The number of hydrogen-bond donors (Lipinski definition) is 1. The number of rotatable bonds is 8. The number of carbonyl (C=O) groups is 1. The van der Waals surface area contributed by atoms with Gasteiger partial charge in [0, 0.05) is 23.7 Å². The third-order valence-electron chi connectivity index (χ3n) is 3.98. The molecular weight excluding hydrogens is 298 g/mol. The summed E-state index contributed by atoms with van der Waals surface area (Å²) in [6.07, 6.45) is 0.837. The second-order valence-electron chi connectivity index (χ2n) is 6.24. The molecule has 0 unspecified atom stereocenters. The van der Waals surface area contributed by atoms with Gasteiger partial charge in [0.15, 0.2) is 5.78 Å². The second kappa shape index (κ2) is 8.65. The van der Waals surface area contributed by atoms with Crippen LogP contribution in [0.4, 0.5) is 0 Å². The van der Waals surface area contributed by atoms with Gasteiger partial charge in [-0.15, -0.1) is 0 Å². The van der Waals surface area contributed by atoms with Crippen LogP contribution in [0.15, 0.2) is 42.5 Å². The van der Waals surface area contributed by atoms with Crippen LogP contribution in [-0.2, 0) is 6.42 Å². The van der Waals surface area contributed by atoms with E-state index in [4.69, 9.17) is 4.74 Å². The van der Waals surface area contributed by atoms with Gasteiger partial charge < -0.3 is 10.1 Å². The van der Waals surface area contributed by atoms with Crippen molar-refractivity contribution in [1.82, 2.24) is 5.32 Å². The van der Waals surface area contributed by atoms with Gasteiger partial charge in [-0.1, -0.05) is 57.2 Å². The van der Waals surface area contributed by atoms with Crippen molar-refractivity contribution in [3.63, 3.8) is 0 Å². The van der Waals surface area contributed by atoms with Crippen LogP contribution in [0, 0.1) is 0 Å². The van der Waals surface area contributed by atoms with Crippen LogP contribution in [0.2, 0.25) is 0 Å². The molecule has 2 rings (SSSR count). The number of hydrogen-bond acceptors (Lipinski definition) is 3. The van der Waals surface area contributed by atoms with Crippen molar-refractivity contribution in [2.24, 2.45) is 0 Å². The van der Waals surface area contributed by atoms with E-state index in [0.29, 0.717) is 12.6 Å². The lowest BCUT2D eigenvalue weighted by atomic mass is 9.95. The first kappa shape index (κ1) is 18.2. The molecule has 3 heteroatoms. The van der Waals surface area contributed by atoms with Crippen molar-refractivity contribution in [2.45, 2.75) is 40.2 Å². The molecule has 0 fully saturated rings. The first-order valence-corrected chi connectivity index (χ1v) is 8.62. The highest BCUT2D eigenvalue weighted by molar-refractivity contribution is 5.96. The Morgan fingerprint density at radius 1 is 1.17 bits per heavy atom. The second-order valence-corrected chi connectivity index (χ2v) is 6.24. The van der Waals surface area contributed by atoms with Crippen molar-refractivity contribution >= 4 is 5.78 Å². The van der Waals surface area contributed by atoms with E-state index in [1.807, 2.05) is 30.3 Å². The molecule has 0 heterocycles. The molecule has 24 heavy (non-hydrogen) atoms. The molecule has 2 aromatic rings. The third-order valence-corrected chi connectivity index (χ3v) is 3.98. The monoisotopic (exact) mass is 325 g/mol. The van der Waals surface area contributed by atoms with E-state index < -0.39 is 0 Å². The molecule has 0 spiro atoms. The van der Waals surface area contributed by atoms with Crippen molar-refractivity contribution in [3.05, 3.63) is 53.6 Å². The molecule has 128 valence electrons. The number of Topliss-reactive ketones (excluding diaryl/α,β-unsaturated/α-hetero) is 1. The normalized spacial score (nSPS) is 10.9. The summed E-state index contributed by atoms with van der Waals surface area (Å²) in [6, 6.07) is 14.5. The predicted molar refractivity (Wildman–Crippen MR) is 99.9 cm³/mol. The molecule has 0 amide bonds. The average Bonchev–Trinajstić information content (AvgIpc) is 2.58. The van der Waals surface area contributed by atoms with Crippen molar-refractivity contribution in [3.8, 4) is 16.9 Å². The number of nitrogens with one attached hydrogen (secondary N) is 1. The minimum Gasteiger partial charge on any atom is -0.492 e. The van der Waals surface area contributed by atoms with Gasteiger partial charge in [0.25, 0.3) is 0 Å². The summed E-state index contributed by atoms with van der Waals surface area (Å²) in [5.74, 6) is 0.989. The molecule has 0 aliphatic heterocycles. The summed E-state index contributed by atoms with van der Waals surface area (Å²) in [5.41, 5.74) is 4.04. The third kappa shape index (κ3) is 4.68. The van der Waals surface area contributed by atoms with Crippen molar-refractivity contribution < 1.29 is 9.53 Å². The van der Waals surface area contributed by atoms with E-state index in [-0.39, 0.29) is 5.78 Å². The standard InChI is InChI=1S/C21H27NO2/c1-5-17-14-18(10-11-19(17)16(4)23)20-8-6-7-9-21(20)24-13-12-22-15(2)3/h6-11,14-15,22H,5,12-13H2,1-4H3. The summed E-state index contributed by atoms with van der Waals surface area (Å²) in [7, 11) is 0. The zero-order valence-electron chi connectivity index (χ0n) is 15.1. The van der Waals surface area contributed by atoms with Crippen LogP contribution < -0.4 is 10.1 Å². The van der Waals surface area contributed by atoms with Gasteiger partial charge in [-0.2, -0.15) is 0 Å². The quantitative estimate of drug-likeness (QED) is 0.574. The van der Waals surface area contributed by atoms with Crippen LogP contribution in [-0.4, -0.2) is 25.0 Å². The minimum absolute atomic E-state index is 0.114. The number of benzene rings is 2. The predicted octanol–water partition coefficient (Wildman–Crippen LogP) is 4.50. The number of ether oxygens (including phenoxy) is 1. The Morgan fingerprint density at radius 2 is 1.92 bits per heavy atom. The molecular formula is C21H27NO2. The maximum absolute atomic E-state index is 11.7. The molecule has 1 N–H and O–H groups in total. The maximum atomic E-state index is 11.7. The van der Waals surface area contributed by atoms with Gasteiger partial charge in [0.05, 0.1) is 0 Å². The topological polar surface area (TPSA) is 38.3 Å². The Hall–Kier alpha value is -2.13. The summed E-state index contributed by atoms with van der Waals surface area (Å²) in [5, 5.41) is 3.35. The summed E-state index contributed by atoms with van der Waals surface area (Å²) < 4.78 is 5.96. The van der Waals surface area contributed by atoms with Gasteiger partial charge >= 0.3 is 0 Å². The smallest absolute Gasteiger partial charge is 0.160 e. The summed E-state index contributed by atoms with van der Waals surface area (Å²) in [6.45, 7) is 9.38. The Labute approximate surface area is 145 Å². The summed E-state index contributed by atoms with van der Waals surface area (Å²) in [4.78, 5) is 11.7. The van der Waals surface area contributed by atoms with Crippen LogP contribution in [0.25, 0.3) is 11.1 Å². The van der Waals surface area contributed by atoms with Crippen LogP contribution in [0.1, 0.15) is 43.6 Å². The SMILES string of the molecule is CCc1cc(-c2ccccc2OCCNC(C)C)ccc1C(C)=O. The van der Waals surface area contributed by atoms with Crippen LogP contribution in [0.3, 0.4) is 0 Å². The van der Waals surface area contributed by atoms with Crippen molar-refractivity contribution in [1.29, 1.82) is 0 Å². The summed E-state index contributed by atoms with van der Waals surface area (Å²) >= 11 is 0. The van der Waals surface area contributed by atoms with E-state index in [2.05, 4.69) is 38.2 Å². The molecule has 0 saturated carbocycles. The highest BCUT2D eigenvalue weighted by atomic mass is 16.5. The number of carbonyl (C=O) groups excluding carboxylic acids is 1. The van der Waals surface area contributed by atoms with Gasteiger partial charge in [-0.25, -0.2) is 0 Å². The lowest BCUT2D eigenvalue weighted by Crippen LogP contribution is -2.27. The highest BCUT2D eigenvalue weighted by Crippen LogP contribution is 2.31. The van der Waals surface area contributed by atoms with E-state index in [9.17, 15) is 4.79 Å². The van der Waals surface area contributed by atoms with Crippen LogP contribution in [0.5, 0.6) is 5.75 Å². The molecule has 3 nitrogen and oxygen atoms in total. The Kier molecular flexibility index (Phi) is 6.56. The fraction of sp³-hybridized carbons (Fsp3) is 0.381. The van der Waals surface area contributed by atoms with Gasteiger partial charge in [-0.3, -0.25) is 4.79 Å². The minimum atomic E-state index is 0.114. The molecule has 0 saturated heterocycles. The van der Waals surface area contributed by atoms with Gasteiger partial charge in [-0.05, 0) is 30.5 Å². The van der Waals surface area contributed by atoms with Gasteiger partial charge in [0.2, 0.25) is 0 Å². The Bertz CT molecular complexity index is 692. The van der Waals surface area contributed by atoms with Gasteiger partial charge in [0.1, 0.15) is 12.4 Å². The van der Waals surface area contributed by atoms with Crippen molar-refractivity contribution in [2.75, 3.05) is 13.2 Å². The maximum Gasteiger partial charge on any atom is 0.160 e. The molecule has 0 aliphatic rings. The van der Waals surface area contributed by atoms with E-state index in [1.165, 1.54) is 0 Å². The first-order chi connectivity index (χ1) is 11.5.